The number of nitrogens with one attached hydrogen (secondary N) is 1. The summed E-state index contributed by atoms with van der Waals surface area (Å²) in [6, 6.07) is 15.4. The van der Waals surface area contributed by atoms with Gasteiger partial charge in [0.05, 0.1) is 16.3 Å². The number of benzene rings is 2. The highest BCUT2D eigenvalue weighted by Gasteiger charge is 2.16. The van der Waals surface area contributed by atoms with Crippen molar-refractivity contribution in [3.05, 3.63) is 54.6 Å². The van der Waals surface area contributed by atoms with Crippen LogP contribution in [0.5, 0.6) is 0 Å². The van der Waals surface area contributed by atoms with E-state index in [0.717, 1.165) is 0 Å². The molecule has 8 nitrogen and oxygen atoms in total. The molecule has 0 unspecified atom stereocenters. The van der Waals surface area contributed by atoms with E-state index in [-0.39, 0.29) is 11.7 Å². The first-order valence-corrected chi connectivity index (χ1v) is 10.7. The fourth-order valence-electron chi connectivity index (χ4n) is 2.34. The summed E-state index contributed by atoms with van der Waals surface area (Å²) in [6.45, 7) is 1.43. The monoisotopic (exact) mass is 403 g/mol. The summed E-state index contributed by atoms with van der Waals surface area (Å²) in [4.78, 5) is 11.5. The molecule has 3 aromatic rings. The lowest BCUT2D eigenvalue weighted by molar-refractivity contribution is -0.114. The summed E-state index contributed by atoms with van der Waals surface area (Å²) < 4.78 is 26.2. The zero-order chi connectivity index (χ0) is 19.3. The fourth-order valence-corrected chi connectivity index (χ4v) is 4.90. The molecule has 0 atom stereocenters. The molecule has 27 heavy (non-hydrogen) atoms. The molecule has 3 rings (SSSR count). The van der Waals surface area contributed by atoms with Crippen LogP contribution in [0, 0.1) is 0 Å². The summed E-state index contributed by atoms with van der Waals surface area (Å²) in [7, 11) is -3.36. The predicted molar refractivity (Wildman–Crippen MR) is 103 cm³/mol. The Kier molecular flexibility index (Phi) is 5.87. The van der Waals surface area contributed by atoms with E-state index < -0.39 is 9.84 Å². The van der Waals surface area contributed by atoms with Gasteiger partial charge in [-0.1, -0.05) is 36.0 Å². The number of anilines is 1. The van der Waals surface area contributed by atoms with Crippen LogP contribution in [0.1, 0.15) is 6.92 Å². The second-order valence-electron chi connectivity index (χ2n) is 5.59. The summed E-state index contributed by atoms with van der Waals surface area (Å²) in [5.74, 6) is 0.105. The number of hydrogen-bond acceptors (Lipinski definition) is 7. The van der Waals surface area contributed by atoms with Crippen molar-refractivity contribution in [1.29, 1.82) is 0 Å². The van der Waals surface area contributed by atoms with E-state index in [1.807, 2.05) is 0 Å². The minimum absolute atomic E-state index is 0.0273. The molecule has 0 radical (unpaired) electrons. The van der Waals surface area contributed by atoms with Crippen LogP contribution in [-0.2, 0) is 14.6 Å². The van der Waals surface area contributed by atoms with Crippen LogP contribution >= 0.6 is 11.8 Å². The third-order valence-corrected chi connectivity index (χ3v) is 6.45. The van der Waals surface area contributed by atoms with Crippen LogP contribution in [0.25, 0.3) is 5.69 Å². The van der Waals surface area contributed by atoms with Crippen LogP contribution in [0.3, 0.4) is 0 Å². The van der Waals surface area contributed by atoms with E-state index in [0.29, 0.717) is 27.2 Å². The second-order valence-corrected chi connectivity index (χ2v) is 8.76. The zero-order valence-corrected chi connectivity index (χ0v) is 16.1. The number of thioether (sulfide) groups is 1. The fraction of sp³-hybridized carbons (Fsp3) is 0.176. The molecular formula is C17H17N5O3S2. The van der Waals surface area contributed by atoms with Crippen molar-refractivity contribution in [2.75, 3.05) is 16.8 Å². The van der Waals surface area contributed by atoms with E-state index in [2.05, 4.69) is 20.8 Å². The van der Waals surface area contributed by atoms with Gasteiger partial charge in [-0.2, -0.15) is 4.68 Å². The molecule has 2 aromatic carbocycles. The number of aromatic nitrogens is 4. The second kappa shape index (κ2) is 8.31. The quantitative estimate of drug-likeness (QED) is 0.603. The summed E-state index contributed by atoms with van der Waals surface area (Å²) in [5, 5.41) is 14.7. The highest BCUT2D eigenvalue weighted by molar-refractivity contribution is 8.00. The van der Waals surface area contributed by atoms with Gasteiger partial charge in [-0.25, -0.2) is 8.42 Å². The number of carbonyl (C=O) groups excluding carboxylic acids is 1. The topological polar surface area (TPSA) is 107 Å². The summed E-state index contributed by atoms with van der Waals surface area (Å²) >= 11 is 1.25. The molecule has 1 heterocycles. The van der Waals surface area contributed by atoms with Crippen LogP contribution in [0.2, 0.25) is 0 Å². The molecule has 1 aromatic heterocycles. The molecule has 1 N–H and O–H groups in total. The molecule has 10 heteroatoms. The summed E-state index contributed by atoms with van der Waals surface area (Å²) in [6.07, 6.45) is 0. The van der Waals surface area contributed by atoms with Gasteiger partial charge in [-0.15, -0.1) is 5.10 Å². The Morgan fingerprint density at radius 3 is 2.67 bits per heavy atom. The Hall–Kier alpha value is -2.72. The van der Waals surface area contributed by atoms with Gasteiger partial charge < -0.3 is 5.32 Å². The Morgan fingerprint density at radius 2 is 1.93 bits per heavy atom. The Balaban J connectivity index is 1.70. The molecule has 0 aliphatic rings. The van der Waals surface area contributed by atoms with Crippen LogP contribution in [0.4, 0.5) is 5.69 Å². The van der Waals surface area contributed by atoms with E-state index in [9.17, 15) is 13.2 Å². The predicted octanol–water partition coefficient (Wildman–Crippen LogP) is 2.19. The van der Waals surface area contributed by atoms with Crippen molar-refractivity contribution in [2.45, 2.75) is 17.0 Å². The third-order valence-electron chi connectivity index (χ3n) is 3.54. The van der Waals surface area contributed by atoms with Crippen LogP contribution in [0.15, 0.2) is 64.6 Å². The molecule has 0 aliphatic heterocycles. The number of tetrazole rings is 1. The van der Waals surface area contributed by atoms with Crippen molar-refractivity contribution in [3.63, 3.8) is 0 Å². The Labute approximate surface area is 160 Å². The molecule has 0 bridgehead atoms. The van der Waals surface area contributed by atoms with E-state index in [4.69, 9.17) is 0 Å². The van der Waals surface area contributed by atoms with Crippen molar-refractivity contribution in [3.8, 4) is 5.69 Å². The SMILES string of the molecule is CC(=O)Nc1cccc(-n2nnnc2SCCS(=O)(=O)c2ccccc2)c1. The average molecular weight is 403 g/mol. The van der Waals surface area contributed by atoms with Gasteiger partial charge in [0.2, 0.25) is 11.1 Å². The molecule has 1 amide bonds. The number of sulfone groups is 1. The smallest absolute Gasteiger partial charge is 0.221 e. The van der Waals surface area contributed by atoms with Gasteiger partial charge in [0, 0.05) is 18.4 Å². The third kappa shape index (κ3) is 4.92. The van der Waals surface area contributed by atoms with Gasteiger partial charge in [-0.05, 0) is 40.8 Å². The Morgan fingerprint density at radius 1 is 1.15 bits per heavy atom. The van der Waals surface area contributed by atoms with Gasteiger partial charge >= 0.3 is 0 Å². The van der Waals surface area contributed by atoms with E-state index >= 15 is 0 Å². The maximum atomic E-state index is 12.4. The lowest BCUT2D eigenvalue weighted by Crippen LogP contribution is -2.09. The van der Waals surface area contributed by atoms with Gasteiger partial charge in [0.25, 0.3) is 0 Å². The highest BCUT2D eigenvalue weighted by Crippen LogP contribution is 2.21. The molecule has 0 fully saturated rings. The lowest BCUT2D eigenvalue weighted by atomic mass is 10.3. The molecule has 0 saturated carbocycles. The normalized spacial score (nSPS) is 11.3. The minimum atomic E-state index is -3.36. The maximum Gasteiger partial charge on any atom is 0.221 e. The van der Waals surface area contributed by atoms with Crippen LogP contribution in [-0.4, -0.2) is 46.0 Å². The first kappa shape index (κ1) is 19.1. The number of amides is 1. The van der Waals surface area contributed by atoms with Crippen molar-refractivity contribution in [2.24, 2.45) is 0 Å². The number of nitrogens with zero attached hydrogens (tertiary/aromatic N) is 4. The molecule has 0 aliphatic carbocycles. The summed E-state index contributed by atoms with van der Waals surface area (Å²) in [5.41, 5.74) is 1.29. The first-order chi connectivity index (χ1) is 13.0. The van der Waals surface area contributed by atoms with E-state index in [1.165, 1.54) is 23.4 Å². The van der Waals surface area contributed by atoms with Crippen molar-refractivity contribution < 1.29 is 13.2 Å². The Bertz CT molecular complexity index is 1040. The zero-order valence-electron chi connectivity index (χ0n) is 14.4. The van der Waals surface area contributed by atoms with Gasteiger partial charge in [0.1, 0.15) is 0 Å². The average Bonchev–Trinajstić information content (AvgIpc) is 3.10. The van der Waals surface area contributed by atoms with Gasteiger partial charge in [-0.3, -0.25) is 4.79 Å². The molecule has 140 valence electrons. The standard InChI is InChI=1S/C17H17N5O3S2/c1-13(23)18-14-6-5-7-15(12-14)22-17(19-20-21-22)26-10-11-27(24,25)16-8-3-2-4-9-16/h2-9,12H,10-11H2,1H3,(H,18,23). The van der Waals surface area contributed by atoms with Gasteiger partial charge in [0.15, 0.2) is 9.84 Å². The number of rotatable bonds is 7. The highest BCUT2D eigenvalue weighted by atomic mass is 32.2. The molecule has 0 saturated heterocycles. The van der Waals surface area contributed by atoms with Crippen molar-refractivity contribution in [1.82, 2.24) is 20.2 Å². The van der Waals surface area contributed by atoms with Crippen molar-refractivity contribution >= 4 is 33.2 Å². The number of hydrogen-bond donors (Lipinski definition) is 1. The number of carbonyl (C=O) groups is 1. The maximum absolute atomic E-state index is 12.4. The largest absolute Gasteiger partial charge is 0.326 e. The molecule has 0 spiro atoms. The minimum Gasteiger partial charge on any atom is -0.326 e. The lowest BCUT2D eigenvalue weighted by Gasteiger charge is -2.07. The first-order valence-electron chi connectivity index (χ1n) is 8.03. The van der Waals surface area contributed by atoms with E-state index in [1.54, 1.807) is 54.6 Å². The molecular weight excluding hydrogens is 386 g/mol. The van der Waals surface area contributed by atoms with Crippen LogP contribution < -0.4 is 5.32 Å².